The Morgan fingerprint density at radius 3 is 2.17 bits per heavy atom. The van der Waals surface area contributed by atoms with E-state index in [1.807, 2.05) is 0 Å². The van der Waals surface area contributed by atoms with Crippen molar-refractivity contribution in [1.29, 1.82) is 0 Å². The molecule has 3 rings (SSSR count). The number of carbonyl (C=O) groups is 2. The number of nitrogens with zero attached hydrogens (tertiary/aromatic N) is 3. The largest absolute Gasteiger partial charge is 0.444 e. The Morgan fingerprint density at radius 2 is 1.63 bits per heavy atom. The van der Waals surface area contributed by atoms with Crippen LogP contribution in [-0.4, -0.2) is 47.1 Å². The lowest BCUT2D eigenvalue weighted by Gasteiger charge is -2.38. The van der Waals surface area contributed by atoms with Crippen molar-refractivity contribution in [3.63, 3.8) is 0 Å². The molecule has 30 heavy (non-hydrogen) atoms. The van der Waals surface area contributed by atoms with Crippen LogP contribution in [0.2, 0.25) is 0 Å². The molecule has 0 bridgehead atoms. The molecule has 0 aliphatic carbocycles. The second kappa shape index (κ2) is 7.35. The standard InChI is InChI=1S/C19H22F5N3O3/c1-17(2,3)30-16(29)26-7-4-18(5-8-26)6-9-27(15(18)28)14-12(21)10-11(20)13(25-14)19(22,23)24/h10H,4-9H2,1-3H3. The van der Waals surface area contributed by atoms with Crippen molar-refractivity contribution in [1.82, 2.24) is 9.88 Å². The van der Waals surface area contributed by atoms with Crippen molar-refractivity contribution >= 4 is 17.8 Å². The SMILES string of the molecule is CC(C)(C)OC(=O)N1CCC2(CC1)CCN(c1nc(C(F)(F)F)c(F)cc1F)C2=O. The van der Waals surface area contributed by atoms with Gasteiger partial charge in [0.25, 0.3) is 0 Å². The van der Waals surface area contributed by atoms with Gasteiger partial charge in [-0.15, -0.1) is 0 Å². The van der Waals surface area contributed by atoms with E-state index < -0.39 is 52.3 Å². The van der Waals surface area contributed by atoms with E-state index in [2.05, 4.69) is 4.98 Å². The summed E-state index contributed by atoms with van der Waals surface area (Å²) in [5.74, 6) is -4.58. The zero-order valence-corrected chi connectivity index (χ0v) is 16.8. The van der Waals surface area contributed by atoms with Gasteiger partial charge < -0.3 is 9.64 Å². The monoisotopic (exact) mass is 435 g/mol. The minimum atomic E-state index is -5.12. The van der Waals surface area contributed by atoms with Gasteiger partial charge in [0.15, 0.2) is 23.1 Å². The van der Waals surface area contributed by atoms with Crippen LogP contribution in [0, 0.1) is 17.0 Å². The molecular weight excluding hydrogens is 413 g/mol. The maximum absolute atomic E-state index is 14.2. The van der Waals surface area contributed by atoms with Gasteiger partial charge in [0.05, 0.1) is 5.41 Å². The number of pyridine rings is 1. The lowest BCUT2D eigenvalue weighted by molar-refractivity contribution is -0.143. The van der Waals surface area contributed by atoms with Crippen LogP contribution in [0.1, 0.15) is 45.7 Å². The minimum absolute atomic E-state index is 0.0435. The Bertz CT molecular complexity index is 858. The maximum atomic E-state index is 14.2. The number of alkyl halides is 3. The van der Waals surface area contributed by atoms with Crippen LogP contribution in [-0.2, 0) is 15.7 Å². The van der Waals surface area contributed by atoms with Gasteiger partial charge in [-0.25, -0.2) is 18.6 Å². The first-order chi connectivity index (χ1) is 13.7. The Hall–Kier alpha value is -2.46. The van der Waals surface area contributed by atoms with Crippen LogP contribution in [0.25, 0.3) is 0 Å². The highest BCUT2D eigenvalue weighted by Gasteiger charge is 2.50. The average molecular weight is 435 g/mol. The summed E-state index contributed by atoms with van der Waals surface area (Å²) in [5, 5.41) is 0. The molecule has 1 aromatic heterocycles. The number of anilines is 1. The highest BCUT2D eigenvalue weighted by atomic mass is 19.4. The van der Waals surface area contributed by atoms with Gasteiger partial charge >= 0.3 is 12.3 Å². The van der Waals surface area contributed by atoms with Gasteiger partial charge in [-0.3, -0.25) is 9.69 Å². The fraction of sp³-hybridized carbons (Fsp3) is 0.632. The van der Waals surface area contributed by atoms with Crippen LogP contribution in [0.4, 0.5) is 32.6 Å². The molecule has 3 heterocycles. The third-order valence-electron chi connectivity index (χ3n) is 5.32. The highest BCUT2D eigenvalue weighted by Crippen LogP contribution is 2.44. The molecule has 2 aliphatic rings. The fourth-order valence-corrected chi connectivity index (χ4v) is 3.78. The normalized spacial score (nSPS) is 19.5. The Balaban J connectivity index is 1.77. The zero-order valence-electron chi connectivity index (χ0n) is 16.8. The first kappa shape index (κ1) is 22.2. The maximum Gasteiger partial charge on any atom is 0.436 e. The Labute approximate surface area is 170 Å². The Morgan fingerprint density at radius 1 is 1.07 bits per heavy atom. The van der Waals surface area contributed by atoms with Gasteiger partial charge in [0.2, 0.25) is 5.91 Å². The summed E-state index contributed by atoms with van der Waals surface area (Å²) < 4.78 is 71.9. The van der Waals surface area contributed by atoms with Crippen molar-refractivity contribution < 1.29 is 36.3 Å². The summed E-state index contributed by atoms with van der Waals surface area (Å²) in [6, 6.07) is 0.0918. The first-order valence-corrected chi connectivity index (χ1v) is 9.47. The summed E-state index contributed by atoms with van der Waals surface area (Å²) in [4.78, 5) is 30.6. The molecular formula is C19H22F5N3O3. The predicted molar refractivity (Wildman–Crippen MR) is 95.6 cm³/mol. The molecule has 6 nitrogen and oxygen atoms in total. The number of piperidine rings is 1. The van der Waals surface area contributed by atoms with Crippen LogP contribution < -0.4 is 4.90 Å². The molecule has 0 radical (unpaired) electrons. The summed E-state index contributed by atoms with van der Waals surface area (Å²) >= 11 is 0. The summed E-state index contributed by atoms with van der Waals surface area (Å²) in [7, 11) is 0. The highest BCUT2D eigenvalue weighted by molar-refractivity contribution is 5.99. The van der Waals surface area contributed by atoms with E-state index in [0.29, 0.717) is 0 Å². The third-order valence-corrected chi connectivity index (χ3v) is 5.32. The number of carbonyl (C=O) groups excluding carboxylic acids is 2. The fourth-order valence-electron chi connectivity index (χ4n) is 3.78. The molecule has 0 saturated carbocycles. The summed E-state index contributed by atoms with van der Waals surface area (Å²) in [6.07, 6.45) is -4.84. The van der Waals surface area contributed by atoms with E-state index in [1.165, 1.54) is 4.90 Å². The molecule has 0 aromatic carbocycles. The van der Waals surface area contributed by atoms with Gasteiger partial charge in [-0.1, -0.05) is 0 Å². The van der Waals surface area contributed by atoms with E-state index in [0.717, 1.165) is 4.90 Å². The van der Waals surface area contributed by atoms with Crippen LogP contribution in [0.15, 0.2) is 6.07 Å². The molecule has 2 saturated heterocycles. The Kier molecular flexibility index (Phi) is 5.44. The predicted octanol–water partition coefficient (Wildman–Crippen LogP) is 4.13. The third kappa shape index (κ3) is 4.20. The number of hydrogen-bond donors (Lipinski definition) is 0. The molecule has 0 atom stereocenters. The van der Waals surface area contributed by atoms with Crippen molar-refractivity contribution in [2.24, 2.45) is 5.41 Å². The average Bonchev–Trinajstić information content (AvgIpc) is 2.90. The molecule has 0 N–H and O–H groups in total. The van der Waals surface area contributed by atoms with E-state index in [1.54, 1.807) is 20.8 Å². The topological polar surface area (TPSA) is 62.7 Å². The minimum Gasteiger partial charge on any atom is -0.444 e. The van der Waals surface area contributed by atoms with Gasteiger partial charge in [-0.2, -0.15) is 13.2 Å². The quantitative estimate of drug-likeness (QED) is 0.623. The molecule has 2 aliphatic heterocycles. The molecule has 1 aromatic rings. The van der Waals surface area contributed by atoms with Crippen LogP contribution >= 0.6 is 0 Å². The molecule has 11 heteroatoms. The number of halogens is 5. The first-order valence-electron chi connectivity index (χ1n) is 9.47. The number of amides is 2. The van der Waals surface area contributed by atoms with Gasteiger partial charge in [0, 0.05) is 25.7 Å². The number of aromatic nitrogens is 1. The number of hydrogen-bond acceptors (Lipinski definition) is 4. The lowest BCUT2D eigenvalue weighted by atomic mass is 9.77. The second-order valence-corrected chi connectivity index (χ2v) is 8.58. The van der Waals surface area contributed by atoms with Crippen LogP contribution in [0.3, 0.4) is 0 Å². The van der Waals surface area contributed by atoms with Gasteiger partial charge in [-0.05, 0) is 40.0 Å². The smallest absolute Gasteiger partial charge is 0.436 e. The molecule has 2 amide bonds. The number of rotatable bonds is 1. The summed E-state index contributed by atoms with van der Waals surface area (Å²) in [5.41, 5.74) is -3.47. The van der Waals surface area contributed by atoms with Crippen molar-refractivity contribution in [3.8, 4) is 0 Å². The van der Waals surface area contributed by atoms with Crippen molar-refractivity contribution in [2.75, 3.05) is 24.5 Å². The van der Waals surface area contributed by atoms with Crippen molar-refractivity contribution in [3.05, 3.63) is 23.4 Å². The van der Waals surface area contributed by atoms with Gasteiger partial charge in [0.1, 0.15) is 5.60 Å². The van der Waals surface area contributed by atoms with E-state index >= 15 is 0 Å². The van der Waals surface area contributed by atoms with E-state index in [9.17, 15) is 31.5 Å². The molecule has 166 valence electrons. The van der Waals surface area contributed by atoms with E-state index in [4.69, 9.17) is 4.74 Å². The molecule has 0 unspecified atom stereocenters. The number of ether oxygens (including phenoxy) is 1. The van der Waals surface area contributed by atoms with Crippen molar-refractivity contribution in [2.45, 2.75) is 51.8 Å². The number of likely N-dealkylation sites (tertiary alicyclic amines) is 1. The van der Waals surface area contributed by atoms with E-state index in [-0.39, 0.29) is 45.0 Å². The second-order valence-electron chi connectivity index (χ2n) is 8.58. The molecule has 1 spiro atoms. The molecule has 2 fully saturated rings. The van der Waals surface area contributed by atoms with Crippen LogP contribution in [0.5, 0.6) is 0 Å². The summed E-state index contributed by atoms with van der Waals surface area (Å²) in [6.45, 7) is 5.60. The zero-order chi connectivity index (χ0) is 22.5. The lowest BCUT2D eigenvalue weighted by Crippen LogP contribution is -2.48.